The van der Waals surface area contributed by atoms with Crippen molar-refractivity contribution in [1.82, 2.24) is 4.90 Å². The van der Waals surface area contributed by atoms with Gasteiger partial charge < -0.3 is 4.90 Å². The van der Waals surface area contributed by atoms with Gasteiger partial charge in [-0.3, -0.25) is 4.79 Å². The van der Waals surface area contributed by atoms with E-state index < -0.39 is 0 Å². The van der Waals surface area contributed by atoms with Crippen LogP contribution in [0.4, 0.5) is 5.69 Å². The summed E-state index contributed by atoms with van der Waals surface area (Å²) >= 11 is 0. The Labute approximate surface area is 87.9 Å². The van der Waals surface area contributed by atoms with E-state index >= 15 is 0 Å². The summed E-state index contributed by atoms with van der Waals surface area (Å²) in [6.45, 7) is 1.68. The van der Waals surface area contributed by atoms with Crippen LogP contribution in [0, 0.1) is 4.91 Å². The van der Waals surface area contributed by atoms with Crippen molar-refractivity contribution in [1.29, 1.82) is 0 Å². The summed E-state index contributed by atoms with van der Waals surface area (Å²) in [6.07, 6.45) is 2.17. The Kier molecular flexibility index (Phi) is 2.76. The summed E-state index contributed by atoms with van der Waals surface area (Å²) < 4.78 is 0. The summed E-state index contributed by atoms with van der Waals surface area (Å²) in [5.41, 5.74) is 0.984. The monoisotopic (exact) mass is 204 g/mol. The number of nitroso groups, excluding NO2 is 1. The molecule has 0 aromatic heterocycles. The minimum Gasteiger partial charge on any atom is -0.339 e. The normalized spacial score (nSPS) is 15.3. The van der Waals surface area contributed by atoms with Crippen molar-refractivity contribution in [3.63, 3.8) is 0 Å². The summed E-state index contributed by atoms with van der Waals surface area (Å²) in [4.78, 5) is 23.9. The van der Waals surface area contributed by atoms with Gasteiger partial charge in [-0.2, -0.15) is 0 Å². The van der Waals surface area contributed by atoms with E-state index in [1.54, 1.807) is 24.3 Å². The Balaban J connectivity index is 2.14. The molecule has 1 fully saturated rings. The second-order valence-electron chi connectivity index (χ2n) is 3.64. The quantitative estimate of drug-likeness (QED) is 0.694. The summed E-state index contributed by atoms with van der Waals surface area (Å²) in [7, 11) is 0. The van der Waals surface area contributed by atoms with E-state index in [-0.39, 0.29) is 5.91 Å². The second kappa shape index (κ2) is 4.21. The Morgan fingerprint density at radius 1 is 1.13 bits per heavy atom. The Hall–Kier alpha value is -1.71. The summed E-state index contributed by atoms with van der Waals surface area (Å²) in [5, 5.41) is 2.79. The molecule has 1 saturated heterocycles. The van der Waals surface area contributed by atoms with Gasteiger partial charge in [-0.05, 0) is 42.3 Å². The first-order valence-corrected chi connectivity index (χ1v) is 5.04. The molecular formula is C11H12N2O2. The number of carbonyl (C=O) groups is 1. The maximum Gasteiger partial charge on any atom is 0.253 e. The lowest BCUT2D eigenvalue weighted by Gasteiger charge is -2.14. The first kappa shape index (κ1) is 9.83. The largest absolute Gasteiger partial charge is 0.339 e. The number of benzene rings is 1. The average molecular weight is 204 g/mol. The molecule has 4 heteroatoms. The van der Waals surface area contributed by atoms with Crippen molar-refractivity contribution in [2.75, 3.05) is 13.1 Å². The molecule has 0 saturated carbocycles. The number of likely N-dealkylation sites (tertiary alicyclic amines) is 1. The molecule has 1 aromatic rings. The number of nitrogens with zero attached hydrogens (tertiary/aromatic N) is 2. The lowest BCUT2D eigenvalue weighted by atomic mass is 10.2. The molecule has 0 spiro atoms. The third-order valence-electron chi connectivity index (χ3n) is 2.61. The molecule has 78 valence electrons. The van der Waals surface area contributed by atoms with Crippen LogP contribution in [0.3, 0.4) is 0 Å². The summed E-state index contributed by atoms with van der Waals surface area (Å²) in [5.74, 6) is 0.0462. The number of amides is 1. The van der Waals surface area contributed by atoms with Gasteiger partial charge in [0.1, 0.15) is 5.69 Å². The van der Waals surface area contributed by atoms with Crippen molar-refractivity contribution < 1.29 is 4.79 Å². The van der Waals surface area contributed by atoms with Crippen molar-refractivity contribution in [2.24, 2.45) is 5.18 Å². The lowest BCUT2D eigenvalue weighted by molar-refractivity contribution is 0.0793. The molecule has 2 rings (SSSR count). The van der Waals surface area contributed by atoms with Crippen molar-refractivity contribution in [3.8, 4) is 0 Å². The third kappa shape index (κ3) is 2.03. The zero-order valence-corrected chi connectivity index (χ0v) is 8.35. The molecule has 1 aliphatic rings. The molecule has 1 aliphatic heterocycles. The van der Waals surface area contributed by atoms with Gasteiger partial charge in [0.05, 0.1) is 0 Å². The van der Waals surface area contributed by atoms with Crippen LogP contribution in [0.25, 0.3) is 0 Å². The molecule has 0 bridgehead atoms. The van der Waals surface area contributed by atoms with Crippen LogP contribution in [-0.2, 0) is 0 Å². The molecule has 0 radical (unpaired) electrons. The SMILES string of the molecule is O=Nc1ccc(C(=O)N2CCCC2)cc1. The average Bonchev–Trinajstić information content (AvgIpc) is 2.82. The first-order chi connectivity index (χ1) is 7.31. The van der Waals surface area contributed by atoms with Crippen LogP contribution in [0.15, 0.2) is 29.4 Å². The minimum absolute atomic E-state index is 0.0462. The molecule has 1 amide bonds. The number of carbonyl (C=O) groups excluding carboxylic acids is 1. The van der Waals surface area contributed by atoms with E-state index in [0.29, 0.717) is 11.3 Å². The van der Waals surface area contributed by atoms with Gasteiger partial charge in [0.15, 0.2) is 0 Å². The highest BCUT2D eigenvalue weighted by Crippen LogP contribution is 2.16. The first-order valence-electron chi connectivity index (χ1n) is 5.04. The Morgan fingerprint density at radius 2 is 1.73 bits per heavy atom. The van der Waals surface area contributed by atoms with Gasteiger partial charge >= 0.3 is 0 Å². The fraction of sp³-hybridized carbons (Fsp3) is 0.364. The van der Waals surface area contributed by atoms with Crippen LogP contribution in [0.5, 0.6) is 0 Å². The van der Waals surface area contributed by atoms with Crippen LogP contribution in [-0.4, -0.2) is 23.9 Å². The maximum absolute atomic E-state index is 11.9. The minimum atomic E-state index is 0.0462. The van der Waals surface area contributed by atoms with Gasteiger partial charge in [-0.15, -0.1) is 4.91 Å². The number of hydrogen-bond donors (Lipinski definition) is 0. The zero-order valence-electron chi connectivity index (χ0n) is 8.35. The van der Waals surface area contributed by atoms with Crippen LogP contribution < -0.4 is 0 Å². The van der Waals surface area contributed by atoms with E-state index in [2.05, 4.69) is 5.18 Å². The van der Waals surface area contributed by atoms with Gasteiger partial charge in [0.2, 0.25) is 0 Å². The van der Waals surface area contributed by atoms with Gasteiger partial charge in [0, 0.05) is 18.7 Å². The van der Waals surface area contributed by atoms with E-state index in [1.807, 2.05) is 4.90 Å². The lowest BCUT2D eigenvalue weighted by Crippen LogP contribution is -2.27. The standard InChI is InChI=1S/C11H12N2O2/c14-11(13-7-1-2-8-13)9-3-5-10(12-15)6-4-9/h3-6H,1-2,7-8H2. The molecule has 0 atom stereocenters. The molecule has 15 heavy (non-hydrogen) atoms. The molecule has 0 unspecified atom stereocenters. The second-order valence-corrected chi connectivity index (χ2v) is 3.64. The summed E-state index contributed by atoms with van der Waals surface area (Å²) in [6, 6.07) is 6.43. The molecule has 0 N–H and O–H groups in total. The smallest absolute Gasteiger partial charge is 0.253 e. The highest BCUT2D eigenvalue weighted by atomic mass is 16.3. The van der Waals surface area contributed by atoms with Gasteiger partial charge in [0.25, 0.3) is 5.91 Å². The highest BCUT2D eigenvalue weighted by Gasteiger charge is 2.18. The fourth-order valence-corrected chi connectivity index (χ4v) is 1.77. The Morgan fingerprint density at radius 3 is 2.27 bits per heavy atom. The molecule has 1 aromatic carbocycles. The van der Waals surface area contributed by atoms with E-state index in [9.17, 15) is 9.70 Å². The van der Waals surface area contributed by atoms with Gasteiger partial charge in [-0.1, -0.05) is 0 Å². The predicted octanol–water partition coefficient (Wildman–Crippen LogP) is 2.32. The topological polar surface area (TPSA) is 49.7 Å². The number of rotatable bonds is 2. The van der Waals surface area contributed by atoms with E-state index in [4.69, 9.17) is 0 Å². The predicted molar refractivity (Wildman–Crippen MR) is 57.0 cm³/mol. The van der Waals surface area contributed by atoms with E-state index in [0.717, 1.165) is 25.9 Å². The van der Waals surface area contributed by atoms with Crippen LogP contribution in [0.2, 0.25) is 0 Å². The van der Waals surface area contributed by atoms with Crippen LogP contribution >= 0.6 is 0 Å². The number of hydrogen-bond acceptors (Lipinski definition) is 3. The fourth-order valence-electron chi connectivity index (χ4n) is 1.77. The zero-order chi connectivity index (χ0) is 10.7. The van der Waals surface area contributed by atoms with Crippen molar-refractivity contribution in [3.05, 3.63) is 34.7 Å². The maximum atomic E-state index is 11.9. The van der Waals surface area contributed by atoms with Crippen molar-refractivity contribution in [2.45, 2.75) is 12.8 Å². The third-order valence-corrected chi connectivity index (χ3v) is 2.61. The molecule has 4 nitrogen and oxygen atoms in total. The van der Waals surface area contributed by atoms with E-state index in [1.165, 1.54) is 0 Å². The molecule has 1 heterocycles. The van der Waals surface area contributed by atoms with Gasteiger partial charge in [-0.25, -0.2) is 0 Å². The highest BCUT2D eigenvalue weighted by molar-refractivity contribution is 5.94. The van der Waals surface area contributed by atoms with Crippen LogP contribution in [0.1, 0.15) is 23.2 Å². The molecular weight excluding hydrogens is 192 g/mol. The van der Waals surface area contributed by atoms with Crippen molar-refractivity contribution >= 4 is 11.6 Å². The molecule has 0 aliphatic carbocycles. The Bertz CT molecular complexity index is 367.